The summed E-state index contributed by atoms with van der Waals surface area (Å²) in [5, 5.41) is 0. The van der Waals surface area contributed by atoms with Crippen LogP contribution in [0.3, 0.4) is 0 Å². The molecule has 5 heteroatoms. The maximum atomic E-state index is 12.6. The first-order valence-electron chi connectivity index (χ1n) is 5.93. The van der Waals surface area contributed by atoms with Gasteiger partial charge in [-0.05, 0) is 30.7 Å². The number of ether oxygens (including phenoxy) is 1. The number of methoxy groups -OCH3 is 1. The summed E-state index contributed by atoms with van der Waals surface area (Å²) in [6.45, 7) is 1.95. The summed E-state index contributed by atoms with van der Waals surface area (Å²) in [4.78, 5) is 18.5. The second kappa shape index (κ2) is 5.28. The van der Waals surface area contributed by atoms with E-state index in [1.165, 1.54) is 0 Å². The van der Waals surface area contributed by atoms with Crippen molar-refractivity contribution in [2.24, 2.45) is 0 Å². The summed E-state index contributed by atoms with van der Waals surface area (Å²) in [5.41, 5.74) is 0.314. The third-order valence-electron chi connectivity index (χ3n) is 3.37. The zero-order chi connectivity index (χ0) is 13.2. The molecule has 1 aromatic heterocycles. The van der Waals surface area contributed by atoms with Crippen LogP contribution in [-0.4, -0.2) is 42.2 Å². The van der Waals surface area contributed by atoms with E-state index in [2.05, 4.69) is 4.98 Å². The Balaban J connectivity index is 2.26. The summed E-state index contributed by atoms with van der Waals surface area (Å²) in [6.07, 6.45) is 2.47. The number of pyridine rings is 1. The molecule has 0 radical (unpaired) electrons. The number of nitrogens with zero attached hydrogens (tertiary/aromatic N) is 2. The first-order valence-corrected chi connectivity index (χ1v) is 7.09. The summed E-state index contributed by atoms with van der Waals surface area (Å²) in [6, 6.07) is 3.82. The van der Waals surface area contributed by atoms with Crippen molar-refractivity contribution < 1.29 is 9.53 Å². The van der Waals surface area contributed by atoms with Gasteiger partial charge in [-0.2, -0.15) is 11.8 Å². The van der Waals surface area contributed by atoms with Gasteiger partial charge in [-0.15, -0.1) is 0 Å². The van der Waals surface area contributed by atoms with E-state index in [9.17, 15) is 4.79 Å². The van der Waals surface area contributed by atoms with Gasteiger partial charge in [0.15, 0.2) is 5.60 Å². The lowest BCUT2D eigenvalue weighted by Crippen LogP contribution is -2.49. The first-order chi connectivity index (χ1) is 8.60. The van der Waals surface area contributed by atoms with E-state index < -0.39 is 5.60 Å². The highest BCUT2D eigenvalue weighted by molar-refractivity contribution is 7.99. The van der Waals surface area contributed by atoms with E-state index in [-0.39, 0.29) is 5.91 Å². The quantitative estimate of drug-likeness (QED) is 0.837. The summed E-state index contributed by atoms with van der Waals surface area (Å²) in [7, 11) is 3.38. The molecule has 1 aliphatic heterocycles. The number of likely N-dealkylation sites (N-methyl/N-ethyl adjacent to an activating group) is 1. The highest BCUT2D eigenvalue weighted by Crippen LogP contribution is 2.33. The fourth-order valence-corrected chi connectivity index (χ4v) is 3.53. The fraction of sp³-hybridized carbons (Fsp3) is 0.538. The van der Waals surface area contributed by atoms with E-state index >= 15 is 0 Å². The lowest BCUT2D eigenvalue weighted by Gasteiger charge is -2.30. The van der Waals surface area contributed by atoms with Crippen molar-refractivity contribution in [2.45, 2.75) is 18.9 Å². The SMILES string of the molecule is COC1(C(=O)N(C)c2ncccc2C)CCSC1. The summed E-state index contributed by atoms with van der Waals surface area (Å²) < 4.78 is 5.50. The Bertz CT molecular complexity index is 444. The molecule has 98 valence electrons. The van der Waals surface area contributed by atoms with Crippen LogP contribution in [0.1, 0.15) is 12.0 Å². The van der Waals surface area contributed by atoms with Gasteiger partial charge in [0.2, 0.25) is 0 Å². The van der Waals surface area contributed by atoms with Crippen molar-refractivity contribution in [1.82, 2.24) is 4.98 Å². The predicted octanol–water partition coefficient (Wildman–Crippen LogP) is 1.87. The van der Waals surface area contributed by atoms with Crippen LogP contribution in [-0.2, 0) is 9.53 Å². The standard InChI is InChI=1S/C13H18N2O2S/c1-10-5-4-7-14-11(10)15(2)12(16)13(17-3)6-8-18-9-13/h4-5,7H,6,8-9H2,1-3H3. The van der Waals surface area contributed by atoms with Gasteiger partial charge in [-0.3, -0.25) is 9.69 Å². The van der Waals surface area contributed by atoms with E-state index in [4.69, 9.17) is 4.74 Å². The molecule has 1 unspecified atom stereocenters. The van der Waals surface area contributed by atoms with Crippen LogP contribution < -0.4 is 4.90 Å². The van der Waals surface area contributed by atoms with Crippen LogP contribution in [0.2, 0.25) is 0 Å². The molecule has 1 amide bonds. The Hall–Kier alpha value is -1.07. The van der Waals surface area contributed by atoms with Crippen molar-refractivity contribution in [1.29, 1.82) is 0 Å². The molecule has 1 aromatic rings. The minimum Gasteiger partial charge on any atom is -0.367 e. The molecule has 1 atom stereocenters. The number of rotatable bonds is 3. The molecule has 1 saturated heterocycles. The molecule has 2 rings (SSSR count). The predicted molar refractivity (Wildman–Crippen MR) is 74.1 cm³/mol. The van der Waals surface area contributed by atoms with Crippen LogP contribution in [0.4, 0.5) is 5.82 Å². The highest BCUT2D eigenvalue weighted by atomic mass is 32.2. The highest BCUT2D eigenvalue weighted by Gasteiger charge is 2.44. The number of hydrogen-bond donors (Lipinski definition) is 0. The average Bonchev–Trinajstić information content (AvgIpc) is 2.87. The molecular weight excluding hydrogens is 248 g/mol. The Morgan fingerprint density at radius 3 is 2.94 bits per heavy atom. The Kier molecular flexibility index (Phi) is 3.92. The number of anilines is 1. The molecule has 18 heavy (non-hydrogen) atoms. The lowest BCUT2D eigenvalue weighted by atomic mass is 10.0. The van der Waals surface area contributed by atoms with E-state index in [1.807, 2.05) is 19.1 Å². The lowest BCUT2D eigenvalue weighted by molar-refractivity contribution is -0.137. The van der Waals surface area contributed by atoms with Gasteiger partial charge in [0, 0.05) is 26.1 Å². The van der Waals surface area contributed by atoms with Gasteiger partial charge in [0.25, 0.3) is 5.91 Å². The minimum atomic E-state index is -0.677. The van der Waals surface area contributed by atoms with Crippen LogP contribution >= 0.6 is 11.8 Å². The van der Waals surface area contributed by atoms with Gasteiger partial charge < -0.3 is 4.74 Å². The minimum absolute atomic E-state index is 0.00296. The molecule has 1 aliphatic rings. The Morgan fingerprint density at radius 1 is 1.61 bits per heavy atom. The number of thioether (sulfide) groups is 1. The van der Waals surface area contributed by atoms with Crippen molar-refractivity contribution >= 4 is 23.5 Å². The van der Waals surface area contributed by atoms with Crippen LogP contribution in [0.5, 0.6) is 0 Å². The second-order valence-corrected chi connectivity index (χ2v) is 5.61. The van der Waals surface area contributed by atoms with Crippen LogP contribution in [0.25, 0.3) is 0 Å². The molecule has 2 heterocycles. The van der Waals surface area contributed by atoms with Crippen LogP contribution in [0, 0.1) is 6.92 Å². The van der Waals surface area contributed by atoms with Gasteiger partial charge in [0.05, 0.1) is 0 Å². The fourth-order valence-electron chi connectivity index (χ4n) is 2.19. The Morgan fingerprint density at radius 2 is 2.39 bits per heavy atom. The summed E-state index contributed by atoms with van der Waals surface area (Å²) >= 11 is 1.76. The van der Waals surface area contributed by atoms with E-state index in [1.54, 1.807) is 37.0 Å². The molecule has 0 aromatic carbocycles. The number of carbonyl (C=O) groups is 1. The maximum Gasteiger partial charge on any atom is 0.261 e. The molecule has 1 fully saturated rings. The van der Waals surface area contributed by atoms with E-state index in [0.29, 0.717) is 5.82 Å². The van der Waals surface area contributed by atoms with Crippen LogP contribution in [0.15, 0.2) is 18.3 Å². The van der Waals surface area contributed by atoms with Gasteiger partial charge in [0.1, 0.15) is 5.82 Å². The Labute approximate surface area is 112 Å². The number of hydrogen-bond acceptors (Lipinski definition) is 4. The third-order valence-corrected chi connectivity index (χ3v) is 4.53. The molecule has 0 saturated carbocycles. The third kappa shape index (κ3) is 2.24. The van der Waals surface area contributed by atoms with E-state index in [0.717, 1.165) is 23.5 Å². The van der Waals surface area contributed by atoms with Crippen molar-refractivity contribution in [3.8, 4) is 0 Å². The largest absolute Gasteiger partial charge is 0.367 e. The monoisotopic (exact) mass is 266 g/mol. The topological polar surface area (TPSA) is 42.4 Å². The van der Waals surface area contributed by atoms with Gasteiger partial charge in [-0.25, -0.2) is 4.98 Å². The molecular formula is C13H18N2O2S. The normalized spacial score (nSPS) is 23.1. The summed E-state index contributed by atoms with van der Waals surface area (Å²) in [5.74, 6) is 2.39. The smallest absolute Gasteiger partial charge is 0.261 e. The van der Waals surface area contributed by atoms with Crippen molar-refractivity contribution in [3.63, 3.8) is 0 Å². The number of carbonyl (C=O) groups excluding carboxylic acids is 1. The zero-order valence-corrected chi connectivity index (χ0v) is 11.8. The molecule has 0 N–H and O–H groups in total. The molecule has 0 spiro atoms. The molecule has 0 bridgehead atoms. The molecule has 0 aliphatic carbocycles. The van der Waals surface area contributed by atoms with Gasteiger partial charge >= 0.3 is 0 Å². The number of aryl methyl sites for hydroxylation is 1. The van der Waals surface area contributed by atoms with Crippen molar-refractivity contribution in [2.75, 3.05) is 30.6 Å². The van der Waals surface area contributed by atoms with Gasteiger partial charge in [-0.1, -0.05) is 6.07 Å². The maximum absolute atomic E-state index is 12.6. The molecule has 4 nitrogen and oxygen atoms in total. The first kappa shape index (κ1) is 13.4. The number of amides is 1. The second-order valence-electron chi connectivity index (χ2n) is 4.51. The van der Waals surface area contributed by atoms with Crippen molar-refractivity contribution in [3.05, 3.63) is 23.9 Å². The zero-order valence-electron chi connectivity index (χ0n) is 11.0. The average molecular weight is 266 g/mol. The number of aromatic nitrogens is 1.